The van der Waals surface area contributed by atoms with Gasteiger partial charge in [0, 0.05) is 13.1 Å². The molecule has 0 radical (unpaired) electrons. The van der Waals surface area contributed by atoms with Crippen LogP contribution in [0.15, 0.2) is 18.2 Å². The fraction of sp³-hybridized carbons (Fsp3) is 0.467. The average molecular weight is 293 g/mol. The molecule has 6 heteroatoms. The van der Waals surface area contributed by atoms with Gasteiger partial charge in [-0.1, -0.05) is 6.07 Å². The second kappa shape index (κ2) is 7.52. The number of methoxy groups -OCH3 is 1. The van der Waals surface area contributed by atoms with Crippen molar-refractivity contribution in [3.63, 3.8) is 0 Å². The number of benzene rings is 1. The molecule has 0 bridgehead atoms. The van der Waals surface area contributed by atoms with Crippen molar-refractivity contribution in [2.45, 2.75) is 26.8 Å². The van der Waals surface area contributed by atoms with E-state index in [1.807, 2.05) is 13.8 Å². The molecule has 6 nitrogen and oxygen atoms in total. The van der Waals surface area contributed by atoms with E-state index in [0.717, 1.165) is 0 Å². The highest BCUT2D eigenvalue weighted by Gasteiger charge is 2.20. The Balaban J connectivity index is 2.93. The summed E-state index contributed by atoms with van der Waals surface area (Å²) in [4.78, 5) is 25.6. The highest BCUT2D eigenvalue weighted by molar-refractivity contribution is 5.98. The molecule has 0 aliphatic rings. The van der Waals surface area contributed by atoms with Gasteiger partial charge in [-0.2, -0.15) is 0 Å². The molecule has 0 saturated carbocycles. The predicted molar refractivity (Wildman–Crippen MR) is 83.2 cm³/mol. The lowest BCUT2D eigenvalue weighted by Gasteiger charge is -2.24. The minimum Gasteiger partial charge on any atom is -0.465 e. The van der Waals surface area contributed by atoms with Crippen LogP contribution in [-0.4, -0.2) is 43.0 Å². The van der Waals surface area contributed by atoms with Gasteiger partial charge in [-0.25, -0.2) is 4.79 Å². The van der Waals surface area contributed by atoms with Gasteiger partial charge in [0.2, 0.25) is 5.91 Å². The van der Waals surface area contributed by atoms with Gasteiger partial charge >= 0.3 is 5.97 Å². The Morgan fingerprint density at radius 3 is 2.48 bits per heavy atom. The zero-order chi connectivity index (χ0) is 16.0. The molecule has 1 aromatic rings. The largest absolute Gasteiger partial charge is 0.465 e. The zero-order valence-electron chi connectivity index (χ0n) is 13.0. The maximum Gasteiger partial charge on any atom is 0.340 e. The molecule has 1 rings (SSSR count). The molecule has 0 saturated heterocycles. The van der Waals surface area contributed by atoms with E-state index >= 15 is 0 Å². The van der Waals surface area contributed by atoms with E-state index in [9.17, 15) is 9.59 Å². The van der Waals surface area contributed by atoms with E-state index in [-0.39, 0.29) is 17.2 Å². The van der Waals surface area contributed by atoms with E-state index < -0.39 is 12.0 Å². The van der Waals surface area contributed by atoms with Gasteiger partial charge in [0.1, 0.15) is 6.04 Å². The number of rotatable bonds is 6. The molecule has 1 amide bonds. The molecule has 3 N–H and O–H groups in total. The van der Waals surface area contributed by atoms with Crippen molar-refractivity contribution < 1.29 is 14.3 Å². The maximum absolute atomic E-state index is 12.2. The molecule has 0 fully saturated rings. The number of nitrogens with two attached hydrogens (primary N) is 1. The molecule has 21 heavy (non-hydrogen) atoms. The van der Waals surface area contributed by atoms with E-state index in [2.05, 4.69) is 10.1 Å². The molecule has 0 heterocycles. The van der Waals surface area contributed by atoms with Crippen LogP contribution in [0.3, 0.4) is 0 Å². The third-order valence-electron chi connectivity index (χ3n) is 3.33. The van der Waals surface area contributed by atoms with Crippen LogP contribution in [-0.2, 0) is 9.53 Å². The number of nitrogens with one attached hydrogen (secondary N) is 1. The molecular formula is C15H23N3O3. The summed E-state index contributed by atoms with van der Waals surface area (Å²) in [6.45, 7) is 6.93. The third kappa shape index (κ3) is 3.87. The summed E-state index contributed by atoms with van der Waals surface area (Å²) in [7, 11) is 1.30. The average Bonchev–Trinajstić information content (AvgIpc) is 2.49. The monoisotopic (exact) mass is 293 g/mol. The standard InChI is InChI=1S/C15H23N3O3/c1-5-18(6-2)14(19)10(3)17-12-9-7-8-11(13(12)16)15(20)21-4/h7-10,17H,5-6,16H2,1-4H3. The quantitative estimate of drug-likeness (QED) is 0.616. The number of para-hydroxylation sites is 1. The zero-order valence-corrected chi connectivity index (χ0v) is 13.0. The summed E-state index contributed by atoms with van der Waals surface area (Å²) >= 11 is 0. The lowest BCUT2D eigenvalue weighted by molar-refractivity contribution is -0.131. The Kier molecular flexibility index (Phi) is 6.02. The number of esters is 1. The second-order valence-electron chi connectivity index (χ2n) is 4.63. The number of carbonyl (C=O) groups excluding carboxylic acids is 2. The first kappa shape index (κ1) is 16.8. The molecule has 1 aromatic carbocycles. The SMILES string of the molecule is CCN(CC)C(=O)C(C)Nc1cccc(C(=O)OC)c1N. The molecule has 116 valence electrons. The molecule has 0 spiro atoms. The number of anilines is 2. The van der Waals surface area contributed by atoms with Gasteiger partial charge in [0.25, 0.3) is 0 Å². The van der Waals surface area contributed by atoms with Gasteiger partial charge in [0.15, 0.2) is 0 Å². The van der Waals surface area contributed by atoms with Crippen LogP contribution >= 0.6 is 0 Å². The van der Waals surface area contributed by atoms with Crippen LogP contribution in [0.5, 0.6) is 0 Å². The van der Waals surface area contributed by atoms with Crippen LogP contribution < -0.4 is 11.1 Å². The van der Waals surface area contributed by atoms with Crippen molar-refractivity contribution in [1.82, 2.24) is 4.90 Å². The normalized spacial score (nSPS) is 11.6. The van der Waals surface area contributed by atoms with Crippen LogP contribution in [0.2, 0.25) is 0 Å². The van der Waals surface area contributed by atoms with Crippen molar-refractivity contribution in [2.24, 2.45) is 0 Å². The van der Waals surface area contributed by atoms with Crippen molar-refractivity contribution in [3.8, 4) is 0 Å². The first-order valence-corrected chi connectivity index (χ1v) is 6.98. The Morgan fingerprint density at radius 2 is 1.95 bits per heavy atom. The smallest absolute Gasteiger partial charge is 0.340 e. The summed E-state index contributed by atoms with van der Waals surface area (Å²) in [6.07, 6.45) is 0. The number of carbonyl (C=O) groups is 2. The van der Waals surface area contributed by atoms with Crippen LogP contribution in [0.1, 0.15) is 31.1 Å². The van der Waals surface area contributed by atoms with E-state index in [4.69, 9.17) is 5.73 Å². The minimum atomic E-state index is -0.501. The first-order valence-electron chi connectivity index (χ1n) is 6.98. The Morgan fingerprint density at radius 1 is 1.33 bits per heavy atom. The van der Waals surface area contributed by atoms with Gasteiger partial charge in [-0.15, -0.1) is 0 Å². The Bertz CT molecular complexity index is 513. The van der Waals surface area contributed by atoms with E-state index in [1.54, 1.807) is 30.0 Å². The van der Waals surface area contributed by atoms with Crippen LogP contribution in [0, 0.1) is 0 Å². The molecule has 0 aliphatic carbocycles. The molecular weight excluding hydrogens is 270 g/mol. The number of hydrogen-bond acceptors (Lipinski definition) is 5. The lowest BCUT2D eigenvalue weighted by atomic mass is 10.1. The number of nitrogen functional groups attached to an aromatic ring is 1. The summed E-state index contributed by atoms with van der Waals surface area (Å²) in [5.41, 5.74) is 7.07. The summed E-state index contributed by atoms with van der Waals surface area (Å²) in [5, 5.41) is 3.05. The van der Waals surface area contributed by atoms with Crippen LogP contribution in [0.25, 0.3) is 0 Å². The summed E-state index contributed by atoms with van der Waals surface area (Å²) < 4.78 is 4.68. The highest BCUT2D eigenvalue weighted by atomic mass is 16.5. The topological polar surface area (TPSA) is 84.7 Å². The number of likely N-dealkylation sites (N-methyl/N-ethyl adjacent to an activating group) is 1. The van der Waals surface area contributed by atoms with E-state index in [1.165, 1.54) is 7.11 Å². The van der Waals surface area contributed by atoms with Gasteiger partial charge in [0.05, 0.1) is 24.0 Å². The first-order chi connectivity index (χ1) is 9.96. The van der Waals surface area contributed by atoms with Crippen LogP contribution in [0.4, 0.5) is 11.4 Å². The van der Waals surface area contributed by atoms with Gasteiger partial charge in [-0.3, -0.25) is 4.79 Å². The Hall–Kier alpha value is -2.24. The third-order valence-corrected chi connectivity index (χ3v) is 3.33. The summed E-state index contributed by atoms with van der Waals surface area (Å²) in [6, 6.07) is 4.58. The molecule has 0 aromatic heterocycles. The number of amides is 1. The van der Waals surface area contributed by atoms with Crippen molar-refractivity contribution >= 4 is 23.3 Å². The highest BCUT2D eigenvalue weighted by Crippen LogP contribution is 2.24. The maximum atomic E-state index is 12.2. The fourth-order valence-corrected chi connectivity index (χ4v) is 2.08. The minimum absolute atomic E-state index is 0.0112. The molecule has 1 unspecified atom stereocenters. The molecule has 1 atom stereocenters. The van der Waals surface area contributed by atoms with Crippen molar-refractivity contribution in [3.05, 3.63) is 23.8 Å². The summed E-state index contributed by atoms with van der Waals surface area (Å²) in [5.74, 6) is -0.512. The number of nitrogens with zero attached hydrogens (tertiary/aromatic N) is 1. The Labute approximate surface area is 125 Å². The van der Waals surface area contributed by atoms with Gasteiger partial charge < -0.3 is 20.7 Å². The number of hydrogen-bond donors (Lipinski definition) is 2. The van der Waals surface area contributed by atoms with E-state index in [0.29, 0.717) is 18.8 Å². The van der Waals surface area contributed by atoms with Crippen molar-refractivity contribution in [1.29, 1.82) is 0 Å². The number of ether oxygens (including phenoxy) is 1. The second-order valence-corrected chi connectivity index (χ2v) is 4.63. The van der Waals surface area contributed by atoms with Crippen molar-refractivity contribution in [2.75, 3.05) is 31.2 Å². The predicted octanol–water partition coefficient (Wildman–Crippen LogP) is 1.72. The fourth-order valence-electron chi connectivity index (χ4n) is 2.08. The van der Waals surface area contributed by atoms with Gasteiger partial charge in [-0.05, 0) is 32.9 Å². The molecule has 0 aliphatic heterocycles. The lowest BCUT2D eigenvalue weighted by Crippen LogP contribution is -2.41.